The summed E-state index contributed by atoms with van der Waals surface area (Å²) in [5.74, 6) is 0.0941. The molecule has 0 spiro atoms. The van der Waals surface area contributed by atoms with E-state index >= 15 is 0 Å². The van der Waals surface area contributed by atoms with E-state index in [1.807, 2.05) is 19.9 Å². The van der Waals surface area contributed by atoms with Crippen LogP contribution in [0.1, 0.15) is 45.1 Å². The number of anilines is 1. The average Bonchev–Trinajstić information content (AvgIpc) is 3.00. The maximum absolute atomic E-state index is 12.4. The highest BCUT2D eigenvalue weighted by molar-refractivity contribution is 7.89. The molecule has 0 unspecified atom stereocenters. The molecule has 5 nitrogen and oxygen atoms in total. The predicted octanol–water partition coefficient (Wildman–Crippen LogP) is 3.63. The van der Waals surface area contributed by atoms with Crippen LogP contribution in [-0.2, 0) is 23.0 Å². The van der Waals surface area contributed by atoms with Gasteiger partial charge in [-0.05, 0) is 80.1 Å². The second kappa shape index (κ2) is 7.33. The number of hydrogen-bond acceptors (Lipinski definition) is 4. The number of rotatable bonds is 5. The lowest BCUT2D eigenvalue weighted by Crippen LogP contribution is -2.23. The Morgan fingerprint density at radius 2 is 1.79 bits per heavy atom. The van der Waals surface area contributed by atoms with Gasteiger partial charge in [-0.3, -0.25) is 4.79 Å². The Morgan fingerprint density at radius 1 is 1.11 bits per heavy atom. The van der Waals surface area contributed by atoms with Crippen LogP contribution in [0.2, 0.25) is 0 Å². The zero-order valence-corrected chi connectivity index (χ0v) is 18.3. The van der Waals surface area contributed by atoms with Gasteiger partial charge in [0.05, 0.1) is 4.90 Å². The lowest BCUT2D eigenvalue weighted by molar-refractivity contribution is 0.101. The molecule has 1 aliphatic heterocycles. The molecule has 0 N–H and O–H groups in total. The van der Waals surface area contributed by atoms with Gasteiger partial charge in [0.25, 0.3) is 0 Å². The van der Waals surface area contributed by atoms with Gasteiger partial charge in [-0.15, -0.1) is 0 Å². The molecule has 0 atom stereocenters. The smallest absolute Gasteiger partial charge is 0.242 e. The van der Waals surface area contributed by atoms with Crippen molar-refractivity contribution in [3.63, 3.8) is 0 Å². The summed E-state index contributed by atoms with van der Waals surface area (Å²) in [6.45, 7) is 9.26. The molecule has 2 aromatic rings. The fraction of sp³-hybridized carbons (Fsp3) is 0.409. The number of Topliss-reactive ketones (excluding diaryl/α,β-unsaturated/α-hetero) is 1. The van der Waals surface area contributed by atoms with Crippen LogP contribution in [0.3, 0.4) is 0 Å². The Kier molecular flexibility index (Phi) is 5.38. The first-order chi connectivity index (χ1) is 13.0. The van der Waals surface area contributed by atoms with Crippen LogP contribution in [0.25, 0.3) is 0 Å². The summed E-state index contributed by atoms with van der Waals surface area (Å²) in [4.78, 5) is 14.7. The average molecular weight is 401 g/mol. The van der Waals surface area contributed by atoms with Crippen LogP contribution in [-0.4, -0.2) is 39.1 Å². The standard InChI is InChI=1S/C22H28N2O3S/c1-14-11-15(2)22(17(4)25)16(3)20(14)13-24-10-9-18-12-19(7-8-21(18)24)28(26,27)23(5)6/h7-8,11-12H,9-10,13H2,1-6H3. The van der Waals surface area contributed by atoms with Crippen molar-refractivity contribution in [3.05, 3.63) is 57.6 Å². The molecule has 1 aliphatic rings. The summed E-state index contributed by atoms with van der Waals surface area (Å²) in [5, 5.41) is 0. The van der Waals surface area contributed by atoms with Crippen LogP contribution in [0, 0.1) is 20.8 Å². The number of nitrogens with zero attached hydrogens (tertiary/aromatic N) is 2. The first-order valence-corrected chi connectivity index (χ1v) is 10.9. The second-order valence-corrected chi connectivity index (χ2v) is 9.95. The Hall–Kier alpha value is -2.18. The van der Waals surface area contributed by atoms with Crippen molar-refractivity contribution in [2.75, 3.05) is 25.5 Å². The third kappa shape index (κ3) is 3.47. The maximum atomic E-state index is 12.4. The van der Waals surface area contributed by atoms with Gasteiger partial charge in [0.15, 0.2) is 5.78 Å². The minimum Gasteiger partial charge on any atom is -0.367 e. The first kappa shape index (κ1) is 20.6. The number of carbonyl (C=O) groups is 1. The number of sulfonamides is 1. The van der Waals surface area contributed by atoms with E-state index < -0.39 is 10.0 Å². The maximum Gasteiger partial charge on any atom is 0.242 e. The lowest BCUT2D eigenvalue weighted by atomic mass is 9.91. The molecule has 0 saturated carbocycles. The van der Waals surface area contributed by atoms with Gasteiger partial charge in [0.1, 0.15) is 0 Å². The molecule has 28 heavy (non-hydrogen) atoms. The van der Waals surface area contributed by atoms with Gasteiger partial charge in [-0.1, -0.05) is 6.07 Å². The normalized spacial score (nSPS) is 13.9. The summed E-state index contributed by atoms with van der Waals surface area (Å²) in [7, 11) is -0.339. The van der Waals surface area contributed by atoms with Crippen molar-refractivity contribution < 1.29 is 13.2 Å². The number of aryl methyl sites for hydroxylation is 2. The van der Waals surface area contributed by atoms with Crippen molar-refractivity contribution in [2.45, 2.75) is 45.6 Å². The molecule has 0 bridgehead atoms. The first-order valence-electron chi connectivity index (χ1n) is 9.45. The number of ketones is 1. The zero-order chi connectivity index (χ0) is 20.8. The Balaban J connectivity index is 1.97. The van der Waals surface area contributed by atoms with E-state index in [9.17, 15) is 13.2 Å². The fourth-order valence-corrected chi connectivity index (χ4v) is 5.14. The molecule has 0 amide bonds. The van der Waals surface area contributed by atoms with Crippen LogP contribution < -0.4 is 4.90 Å². The van der Waals surface area contributed by atoms with E-state index in [0.29, 0.717) is 11.4 Å². The van der Waals surface area contributed by atoms with Gasteiger partial charge in [0, 0.05) is 38.4 Å². The molecule has 6 heteroatoms. The molecule has 3 rings (SSSR count). The molecular formula is C22H28N2O3S. The van der Waals surface area contributed by atoms with Crippen molar-refractivity contribution in [2.24, 2.45) is 0 Å². The number of carbonyl (C=O) groups excluding carboxylic acids is 1. The fourth-order valence-electron chi connectivity index (χ4n) is 4.18. The Bertz CT molecular complexity index is 1060. The van der Waals surface area contributed by atoms with Crippen molar-refractivity contribution in [1.29, 1.82) is 0 Å². The molecule has 0 aliphatic carbocycles. The third-order valence-electron chi connectivity index (χ3n) is 5.65. The van der Waals surface area contributed by atoms with Crippen molar-refractivity contribution in [3.8, 4) is 0 Å². The highest BCUT2D eigenvalue weighted by Crippen LogP contribution is 2.33. The minimum absolute atomic E-state index is 0.0941. The van der Waals surface area contributed by atoms with E-state index in [0.717, 1.165) is 40.9 Å². The van der Waals surface area contributed by atoms with Gasteiger partial charge < -0.3 is 4.90 Å². The van der Waals surface area contributed by atoms with Gasteiger partial charge in [-0.2, -0.15) is 0 Å². The summed E-state index contributed by atoms with van der Waals surface area (Å²) in [6.07, 6.45) is 0.815. The number of fused-ring (bicyclic) bond motifs is 1. The summed E-state index contributed by atoms with van der Waals surface area (Å²) in [6, 6.07) is 7.47. The Morgan fingerprint density at radius 3 is 2.39 bits per heavy atom. The molecule has 150 valence electrons. The zero-order valence-electron chi connectivity index (χ0n) is 17.5. The lowest BCUT2D eigenvalue weighted by Gasteiger charge is -2.24. The summed E-state index contributed by atoms with van der Waals surface area (Å²) < 4.78 is 26.1. The summed E-state index contributed by atoms with van der Waals surface area (Å²) >= 11 is 0. The monoisotopic (exact) mass is 400 g/mol. The van der Waals surface area contributed by atoms with E-state index in [1.54, 1.807) is 33.2 Å². The van der Waals surface area contributed by atoms with Crippen LogP contribution in [0.15, 0.2) is 29.2 Å². The van der Waals surface area contributed by atoms with Crippen molar-refractivity contribution in [1.82, 2.24) is 4.31 Å². The van der Waals surface area contributed by atoms with Gasteiger partial charge >= 0.3 is 0 Å². The topological polar surface area (TPSA) is 57.7 Å². The van der Waals surface area contributed by atoms with E-state index in [2.05, 4.69) is 17.9 Å². The van der Waals surface area contributed by atoms with E-state index in [4.69, 9.17) is 0 Å². The predicted molar refractivity (Wildman–Crippen MR) is 113 cm³/mol. The van der Waals surface area contributed by atoms with Crippen LogP contribution in [0.4, 0.5) is 5.69 Å². The molecule has 0 radical (unpaired) electrons. The third-order valence-corrected chi connectivity index (χ3v) is 7.46. The second-order valence-electron chi connectivity index (χ2n) is 7.79. The molecule has 1 heterocycles. The Labute approximate surface area is 168 Å². The molecule has 0 aromatic heterocycles. The largest absolute Gasteiger partial charge is 0.367 e. The van der Waals surface area contributed by atoms with Gasteiger partial charge in [0.2, 0.25) is 10.0 Å². The highest BCUT2D eigenvalue weighted by atomic mass is 32.2. The molecular weight excluding hydrogens is 372 g/mol. The quantitative estimate of drug-likeness (QED) is 0.719. The molecule has 2 aromatic carbocycles. The van der Waals surface area contributed by atoms with Crippen LogP contribution >= 0.6 is 0 Å². The van der Waals surface area contributed by atoms with E-state index in [1.165, 1.54) is 15.4 Å². The minimum atomic E-state index is -3.43. The molecule has 0 fully saturated rings. The highest BCUT2D eigenvalue weighted by Gasteiger charge is 2.25. The van der Waals surface area contributed by atoms with Crippen LogP contribution in [0.5, 0.6) is 0 Å². The van der Waals surface area contributed by atoms with Crippen molar-refractivity contribution >= 4 is 21.5 Å². The number of hydrogen-bond donors (Lipinski definition) is 0. The molecule has 0 saturated heterocycles. The van der Waals surface area contributed by atoms with Gasteiger partial charge in [-0.25, -0.2) is 12.7 Å². The number of benzene rings is 2. The SMILES string of the molecule is CC(=O)c1c(C)cc(C)c(CN2CCc3cc(S(=O)(=O)N(C)C)ccc32)c1C. The van der Waals surface area contributed by atoms with E-state index in [-0.39, 0.29) is 5.78 Å². The summed E-state index contributed by atoms with van der Waals surface area (Å²) in [5.41, 5.74) is 7.36.